The van der Waals surface area contributed by atoms with Gasteiger partial charge in [-0.2, -0.15) is 0 Å². The lowest BCUT2D eigenvalue weighted by Crippen LogP contribution is -2.26. The summed E-state index contributed by atoms with van der Waals surface area (Å²) in [6, 6.07) is 16.2. The number of nitrogens with two attached hydrogens (primary N) is 1. The number of benzene rings is 2. The summed E-state index contributed by atoms with van der Waals surface area (Å²) < 4.78 is 5.42. The molecule has 0 saturated carbocycles. The number of carboxylic acid groups (broad SMARTS) is 1. The molecule has 4 N–H and O–H groups in total. The SMILES string of the molecule is Nc1ncc(C#CCNC(=O)OCC2c3ccccc3-c3ccccc32)nc1C(=O)O. The number of carbonyl (C=O) groups is 2. The molecular weight excluding hydrogens is 396 g/mol. The van der Waals surface area contributed by atoms with Crippen molar-refractivity contribution in [3.63, 3.8) is 0 Å². The van der Waals surface area contributed by atoms with Crippen LogP contribution in [-0.4, -0.2) is 40.3 Å². The van der Waals surface area contributed by atoms with Crippen LogP contribution >= 0.6 is 0 Å². The van der Waals surface area contributed by atoms with Crippen molar-refractivity contribution in [1.29, 1.82) is 0 Å². The van der Waals surface area contributed by atoms with E-state index in [-0.39, 0.29) is 36.3 Å². The van der Waals surface area contributed by atoms with Crippen LogP contribution in [0.4, 0.5) is 10.6 Å². The second-order valence-corrected chi connectivity index (χ2v) is 6.78. The van der Waals surface area contributed by atoms with E-state index in [0.29, 0.717) is 0 Å². The average molecular weight is 414 g/mol. The van der Waals surface area contributed by atoms with Gasteiger partial charge in [-0.25, -0.2) is 19.6 Å². The van der Waals surface area contributed by atoms with Crippen molar-refractivity contribution in [1.82, 2.24) is 15.3 Å². The van der Waals surface area contributed by atoms with Gasteiger partial charge in [-0.3, -0.25) is 0 Å². The standard InChI is InChI=1S/C23H18N4O4/c24-21-20(22(28)29)27-14(12-26-21)6-5-11-25-23(30)31-13-19-17-9-3-1-7-15(17)16-8-2-4-10-18(16)19/h1-4,7-10,12,19H,11,13H2,(H2,24,26)(H,25,30)(H,28,29). The van der Waals surface area contributed by atoms with Crippen LogP contribution in [0, 0.1) is 11.8 Å². The maximum atomic E-state index is 12.1. The molecule has 0 fully saturated rings. The van der Waals surface area contributed by atoms with Gasteiger partial charge >= 0.3 is 12.1 Å². The molecule has 0 unspecified atom stereocenters. The Hall–Kier alpha value is -4.38. The van der Waals surface area contributed by atoms with Crippen LogP contribution in [0.5, 0.6) is 0 Å². The Labute approximate surface area is 178 Å². The Morgan fingerprint density at radius 3 is 2.39 bits per heavy atom. The minimum Gasteiger partial charge on any atom is -0.476 e. The highest BCUT2D eigenvalue weighted by molar-refractivity contribution is 5.90. The van der Waals surface area contributed by atoms with Crippen molar-refractivity contribution in [3.05, 3.63) is 77.2 Å². The Kier molecular flexibility index (Phi) is 5.49. The number of amides is 1. The highest BCUT2D eigenvalue weighted by Crippen LogP contribution is 2.44. The summed E-state index contributed by atoms with van der Waals surface area (Å²) in [6.45, 7) is 0.212. The van der Waals surface area contributed by atoms with Gasteiger partial charge in [0.25, 0.3) is 0 Å². The van der Waals surface area contributed by atoms with Gasteiger partial charge in [0.15, 0.2) is 11.5 Å². The van der Waals surface area contributed by atoms with E-state index in [2.05, 4.69) is 39.3 Å². The minimum absolute atomic E-state index is 0.00509. The van der Waals surface area contributed by atoms with Crippen LogP contribution in [0.15, 0.2) is 54.7 Å². The van der Waals surface area contributed by atoms with Gasteiger partial charge < -0.3 is 20.9 Å². The van der Waals surface area contributed by atoms with Crippen molar-refractivity contribution < 1.29 is 19.4 Å². The average Bonchev–Trinajstić information content (AvgIpc) is 3.10. The Morgan fingerprint density at radius 2 is 1.74 bits per heavy atom. The van der Waals surface area contributed by atoms with Crippen molar-refractivity contribution in [3.8, 4) is 23.0 Å². The van der Waals surface area contributed by atoms with Gasteiger partial charge in [0.2, 0.25) is 0 Å². The van der Waals surface area contributed by atoms with Crippen LogP contribution in [0.2, 0.25) is 0 Å². The summed E-state index contributed by atoms with van der Waals surface area (Å²) in [4.78, 5) is 30.7. The number of nitrogen functional groups attached to an aromatic ring is 1. The van der Waals surface area contributed by atoms with Crippen LogP contribution in [-0.2, 0) is 4.74 Å². The van der Waals surface area contributed by atoms with Crippen LogP contribution in [0.25, 0.3) is 11.1 Å². The van der Waals surface area contributed by atoms with Gasteiger partial charge in [-0.15, -0.1) is 0 Å². The molecule has 2 aromatic carbocycles. The first-order valence-corrected chi connectivity index (χ1v) is 9.48. The van der Waals surface area contributed by atoms with Crippen LogP contribution in [0.3, 0.4) is 0 Å². The van der Waals surface area contributed by atoms with Crippen LogP contribution < -0.4 is 11.1 Å². The monoisotopic (exact) mass is 414 g/mol. The number of carbonyl (C=O) groups excluding carboxylic acids is 1. The summed E-state index contributed by atoms with van der Waals surface area (Å²) in [7, 11) is 0. The lowest BCUT2D eigenvalue weighted by Gasteiger charge is -2.14. The number of hydrogen-bond donors (Lipinski definition) is 3. The third-order valence-corrected chi connectivity index (χ3v) is 4.88. The zero-order chi connectivity index (χ0) is 21.8. The van der Waals surface area contributed by atoms with E-state index in [1.807, 2.05) is 36.4 Å². The van der Waals surface area contributed by atoms with Crippen molar-refractivity contribution >= 4 is 17.9 Å². The predicted molar refractivity (Wildman–Crippen MR) is 113 cm³/mol. The molecule has 154 valence electrons. The fourth-order valence-corrected chi connectivity index (χ4v) is 3.52. The molecule has 1 aliphatic carbocycles. The summed E-state index contributed by atoms with van der Waals surface area (Å²) in [5.74, 6) is 3.82. The number of aromatic nitrogens is 2. The highest BCUT2D eigenvalue weighted by Gasteiger charge is 2.28. The molecular formula is C23H18N4O4. The molecule has 0 bridgehead atoms. The molecule has 0 atom stereocenters. The summed E-state index contributed by atoms with van der Waals surface area (Å²) in [5.41, 5.74) is 9.80. The maximum Gasteiger partial charge on any atom is 0.407 e. The first-order valence-electron chi connectivity index (χ1n) is 9.48. The fraction of sp³-hybridized carbons (Fsp3) is 0.130. The number of nitrogens with one attached hydrogen (secondary N) is 1. The Bertz CT molecular complexity index is 1180. The molecule has 0 radical (unpaired) electrons. The number of nitrogens with zero attached hydrogens (tertiary/aromatic N) is 2. The molecule has 3 aromatic rings. The second-order valence-electron chi connectivity index (χ2n) is 6.78. The number of anilines is 1. The molecule has 0 aliphatic heterocycles. The molecule has 0 saturated heterocycles. The lowest BCUT2D eigenvalue weighted by atomic mass is 9.98. The van der Waals surface area contributed by atoms with E-state index in [1.54, 1.807) is 0 Å². The van der Waals surface area contributed by atoms with Crippen molar-refractivity contribution in [2.24, 2.45) is 0 Å². The first-order chi connectivity index (χ1) is 15.0. The van der Waals surface area contributed by atoms with E-state index >= 15 is 0 Å². The van der Waals surface area contributed by atoms with E-state index in [4.69, 9.17) is 15.6 Å². The molecule has 0 spiro atoms. The largest absolute Gasteiger partial charge is 0.476 e. The molecule has 4 rings (SSSR count). The smallest absolute Gasteiger partial charge is 0.407 e. The predicted octanol–water partition coefficient (Wildman–Crippen LogP) is 2.65. The van der Waals surface area contributed by atoms with Crippen molar-refractivity contribution in [2.75, 3.05) is 18.9 Å². The van der Waals surface area contributed by atoms with E-state index < -0.39 is 12.1 Å². The highest BCUT2D eigenvalue weighted by atomic mass is 16.5. The van der Waals surface area contributed by atoms with Gasteiger partial charge in [0.05, 0.1) is 12.7 Å². The number of ether oxygens (including phenoxy) is 1. The van der Waals surface area contributed by atoms with E-state index in [9.17, 15) is 9.59 Å². The zero-order valence-corrected chi connectivity index (χ0v) is 16.3. The molecule has 1 aromatic heterocycles. The van der Waals surface area contributed by atoms with Crippen LogP contribution in [0.1, 0.15) is 33.2 Å². The number of alkyl carbamates (subject to hydrolysis) is 1. The topological polar surface area (TPSA) is 127 Å². The number of carboxylic acids is 1. The molecule has 1 aliphatic rings. The molecule has 8 nitrogen and oxygen atoms in total. The molecule has 31 heavy (non-hydrogen) atoms. The second kappa shape index (κ2) is 8.55. The zero-order valence-electron chi connectivity index (χ0n) is 16.3. The fourth-order valence-electron chi connectivity index (χ4n) is 3.52. The summed E-state index contributed by atoms with van der Waals surface area (Å²) in [6.07, 6.45) is 0.674. The Balaban J connectivity index is 1.35. The minimum atomic E-state index is -1.29. The van der Waals surface area contributed by atoms with Gasteiger partial charge in [-0.1, -0.05) is 54.5 Å². The normalized spacial score (nSPS) is 11.6. The van der Waals surface area contributed by atoms with E-state index in [0.717, 1.165) is 22.3 Å². The first kappa shape index (κ1) is 19.9. The maximum absolute atomic E-state index is 12.1. The van der Waals surface area contributed by atoms with Gasteiger partial charge in [0.1, 0.15) is 12.3 Å². The van der Waals surface area contributed by atoms with Gasteiger partial charge in [-0.05, 0) is 28.2 Å². The number of hydrogen-bond acceptors (Lipinski definition) is 6. The number of fused-ring (bicyclic) bond motifs is 3. The third-order valence-electron chi connectivity index (χ3n) is 4.88. The molecule has 1 amide bonds. The van der Waals surface area contributed by atoms with E-state index in [1.165, 1.54) is 6.20 Å². The van der Waals surface area contributed by atoms with Crippen molar-refractivity contribution in [2.45, 2.75) is 5.92 Å². The Morgan fingerprint density at radius 1 is 1.10 bits per heavy atom. The number of aromatic carboxylic acids is 1. The third kappa shape index (κ3) is 4.16. The summed E-state index contributed by atoms with van der Waals surface area (Å²) in [5, 5.41) is 11.6. The quantitative estimate of drug-likeness (QED) is 0.560. The summed E-state index contributed by atoms with van der Waals surface area (Å²) >= 11 is 0. The van der Waals surface area contributed by atoms with Gasteiger partial charge in [0, 0.05) is 5.92 Å². The number of rotatable bonds is 4. The lowest BCUT2D eigenvalue weighted by molar-refractivity contribution is 0.0691. The molecule has 8 heteroatoms. The molecule has 1 heterocycles.